The van der Waals surface area contributed by atoms with E-state index in [4.69, 9.17) is 5.11 Å². The van der Waals surface area contributed by atoms with Crippen molar-refractivity contribution in [2.24, 2.45) is 0 Å². The fourth-order valence-corrected chi connectivity index (χ4v) is 2.56. The normalized spacial score (nSPS) is 17.3. The lowest BCUT2D eigenvalue weighted by molar-refractivity contribution is 0.0690. The van der Waals surface area contributed by atoms with E-state index in [1.165, 1.54) is 6.07 Å². The molecule has 0 saturated heterocycles. The Labute approximate surface area is 128 Å². The summed E-state index contributed by atoms with van der Waals surface area (Å²) >= 11 is 0. The fraction of sp³-hybridized carbons (Fsp3) is 0.467. The van der Waals surface area contributed by atoms with Crippen molar-refractivity contribution in [2.45, 2.75) is 45.2 Å². The van der Waals surface area contributed by atoms with Crippen LogP contribution in [0.5, 0.6) is 0 Å². The van der Waals surface area contributed by atoms with Crippen molar-refractivity contribution in [3.05, 3.63) is 35.5 Å². The van der Waals surface area contributed by atoms with Crippen LogP contribution in [0.15, 0.2) is 18.2 Å². The standard InChI is InChI=1S/C15H19N5O2/c1-9(2)13-18-14-10(6-4-8-20(14)19-13)16-12-7-3-5-11(17-12)15(21)22/h3,5,7,9-10H,4,6,8H2,1-2H3,(H,16,17)(H,21,22). The van der Waals surface area contributed by atoms with E-state index in [1.807, 2.05) is 4.68 Å². The van der Waals surface area contributed by atoms with Crippen molar-refractivity contribution < 1.29 is 9.90 Å². The lowest BCUT2D eigenvalue weighted by Gasteiger charge is -2.23. The van der Waals surface area contributed by atoms with Crippen LogP contribution in [0.25, 0.3) is 0 Å². The molecule has 0 fully saturated rings. The molecule has 116 valence electrons. The molecule has 0 radical (unpaired) electrons. The summed E-state index contributed by atoms with van der Waals surface area (Å²) in [6, 6.07) is 4.94. The summed E-state index contributed by atoms with van der Waals surface area (Å²) in [6.07, 6.45) is 1.93. The number of aromatic carboxylic acids is 1. The van der Waals surface area contributed by atoms with Crippen molar-refractivity contribution in [1.29, 1.82) is 0 Å². The van der Waals surface area contributed by atoms with Gasteiger partial charge in [-0.05, 0) is 25.0 Å². The third-order valence-corrected chi connectivity index (χ3v) is 3.70. The number of hydrogen-bond donors (Lipinski definition) is 2. The molecule has 2 aromatic heterocycles. The zero-order valence-electron chi connectivity index (χ0n) is 12.7. The molecule has 1 aliphatic heterocycles. The summed E-state index contributed by atoms with van der Waals surface area (Å²) in [4.78, 5) is 19.7. The maximum Gasteiger partial charge on any atom is 0.354 e. The first-order chi connectivity index (χ1) is 10.5. The highest BCUT2D eigenvalue weighted by atomic mass is 16.4. The van der Waals surface area contributed by atoms with Crippen LogP contribution in [0.3, 0.4) is 0 Å². The van der Waals surface area contributed by atoms with Gasteiger partial charge in [0.25, 0.3) is 0 Å². The Morgan fingerprint density at radius 2 is 2.23 bits per heavy atom. The highest BCUT2D eigenvalue weighted by Gasteiger charge is 2.25. The maximum atomic E-state index is 11.0. The topological polar surface area (TPSA) is 92.9 Å². The molecular weight excluding hydrogens is 282 g/mol. The van der Waals surface area contributed by atoms with E-state index in [1.54, 1.807) is 12.1 Å². The number of carboxylic acid groups (broad SMARTS) is 1. The lowest BCUT2D eigenvalue weighted by Crippen LogP contribution is -2.23. The fourth-order valence-electron chi connectivity index (χ4n) is 2.56. The average molecular weight is 301 g/mol. The molecule has 0 aliphatic carbocycles. The van der Waals surface area contributed by atoms with E-state index < -0.39 is 5.97 Å². The minimum absolute atomic E-state index is 0.00490. The number of nitrogens with zero attached hydrogens (tertiary/aromatic N) is 4. The summed E-state index contributed by atoms with van der Waals surface area (Å²) in [5.41, 5.74) is 0.0325. The molecule has 0 spiro atoms. The summed E-state index contributed by atoms with van der Waals surface area (Å²) < 4.78 is 1.94. The molecule has 1 unspecified atom stereocenters. The monoisotopic (exact) mass is 301 g/mol. The number of aryl methyl sites for hydroxylation is 1. The highest BCUT2D eigenvalue weighted by Crippen LogP contribution is 2.27. The van der Waals surface area contributed by atoms with E-state index in [0.717, 1.165) is 31.0 Å². The molecule has 0 saturated carbocycles. The van der Waals surface area contributed by atoms with Crippen LogP contribution in [-0.2, 0) is 6.54 Å². The zero-order chi connectivity index (χ0) is 15.7. The highest BCUT2D eigenvalue weighted by molar-refractivity contribution is 5.85. The van der Waals surface area contributed by atoms with Gasteiger partial charge in [-0.1, -0.05) is 19.9 Å². The summed E-state index contributed by atoms with van der Waals surface area (Å²) in [5.74, 6) is 1.55. The first-order valence-corrected chi connectivity index (χ1v) is 7.46. The SMILES string of the molecule is CC(C)c1nc2n(n1)CCCC2Nc1cccc(C(=O)O)n1. The van der Waals surface area contributed by atoms with Crippen molar-refractivity contribution >= 4 is 11.8 Å². The van der Waals surface area contributed by atoms with E-state index in [0.29, 0.717) is 5.82 Å². The molecule has 3 rings (SSSR count). The Bertz CT molecular complexity index is 695. The van der Waals surface area contributed by atoms with E-state index in [2.05, 4.69) is 34.2 Å². The van der Waals surface area contributed by atoms with Crippen LogP contribution in [0.2, 0.25) is 0 Å². The molecule has 1 aliphatic rings. The summed E-state index contributed by atoms with van der Waals surface area (Å²) in [6.45, 7) is 5.01. The molecule has 22 heavy (non-hydrogen) atoms. The number of hydrogen-bond acceptors (Lipinski definition) is 5. The Morgan fingerprint density at radius 3 is 2.95 bits per heavy atom. The van der Waals surface area contributed by atoms with Crippen LogP contribution >= 0.6 is 0 Å². The first kappa shape index (κ1) is 14.5. The van der Waals surface area contributed by atoms with Crippen molar-refractivity contribution in [3.63, 3.8) is 0 Å². The molecule has 0 bridgehead atoms. The molecule has 3 heterocycles. The van der Waals surface area contributed by atoms with Crippen LogP contribution in [0.4, 0.5) is 5.82 Å². The molecule has 7 nitrogen and oxygen atoms in total. The van der Waals surface area contributed by atoms with Gasteiger partial charge in [0.05, 0.1) is 6.04 Å². The smallest absolute Gasteiger partial charge is 0.354 e. The van der Waals surface area contributed by atoms with Crippen molar-refractivity contribution in [3.8, 4) is 0 Å². The van der Waals surface area contributed by atoms with Crippen LogP contribution < -0.4 is 5.32 Å². The number of fused-ring (bicyclic) bond motifs is 1. The number of pyridine rings is 1. The second kappa shape index (κ2) is 5.75. The van der Waals surface area contributed by atoms with Crippen LogP contribution in [0, 0.1) is 0 Å². The van der Waals surface area contributed by atoms with Crippen molar-refractivity contribution in [2.75, 3.05) is 5.32 Å². The average Bonchev–Trinajstić information content (AvgIpc) is 2.93. The number of carbonyl (C=O) groups is 1. The molecule has 0 aromatic carbocycles. The number of carboxylic acids is 1. The van der Waals surface area contributed by atoms with Gasteiger partial charge in [-0.15, -0.1) is 0 Å². The van der Waals surface area contributed by atoms with Gasteiger partial charge in [0.15, 0.2) is 11.5 Å². The second-order valence-corrected chi connectivity index (χ2v) is 5.76. The second-order valence-electron chi connectivity index (χ2n) is 5.76. The van der Waals surface area contributed by atoms with Gasteiger partial charge in [-0.25, -0.2) is 19.4 Å². The lowest BCUT2D eigenvalue weighted by atomic mass is 10.1. The first-order valence-electron chi connectivity index (χ1n) is 7.46. The number of anilines is 1. The molecule has 2 N–H and O–H groups in total. The minimum atomic E-state index is -1.03. The number of aromatic nitrogens is 4. The third-order valence-electron chi connectivity index (χ3n) is 3.70. The van der Waals surface area contributed by atoms with Crippen LogP contribution in [-0.4, -0.2) is 30.8 Å². The predicted molar refractivity (Wildman–Crippen MR) is 80.9 cm³/mol. The quantitative estimate of drug-likeness (QED) is 0.901. The number of rotatable bonds is 4. The number of nitrogens with one attached hydrogen (secondary N) is 1. The Balaban J connectivity index is 1.85. The molecule has 2 aromatic rings. The van der Waals surface area contributed by atoms with Gasteiger partial charge < -0.3 is 10.4 Å². The molecule has 0 amide bonds. The Kier molecular flexibility index (Phi) is 3.79. The summed E-state index contributed by atoms with van der Waals surface area (Å²) in [7, 11) is 0. The maximum absolute atomic E-state index is 11.0. The Morgan fingerprint density at radius 1 is 1.41 bits per heavy atom. The van der Waals surface area contributed by atoms with Crippen LogP contribution in [0.1, 0.15) is 60.8 Å². The molecular formula is C15H19N5O2. The summed E-state index contributed by atoms with van der Waals surface area (Å²) in [5, 5.41) is 16.8. The van der Waals surface area contributed by atoms with Gasteiger partial charge in [-0.3, -0.25) is 0 Å². The third kappa shape index (κ3) is 2.79. The van der Waals surface area contributed by atoms with Gasteiger partial charge in [0.2, 0.25) is 0 Å². The van der Waals surface area contributed by atoms with Gasteiger partial charge in [-0.2, -0.15) is 5.10 Å². The van der Waals surface area contributed by atoms with E-state index in [-0.39, 0.29) is 17.7 Å². The van der Waals surface area contributed by atoms with E-state index in [9.17, 15) is 4.79 Å². The molecule has 1 atom stereocenters. The predicted octanol–water partition coefficient (Wildman–Crippen LogP) is 2.44. The van der Waals surface area contributed by atoms with Gasteiger partial charge >= 0.3 is 5.97 Å². The largest absolute Gasteiger partial charge is 0.477 e. The van der Waals surface area contributed by atoms with Crippen molar-refractivity contribution in [1.82, 2.24) is 19.7 Å². The minimum Gasteiger partial charge on any atom is -0.477 e. The Hall–Kier alpha value is -2.44. The zero-order valence-corrected chi connectivity index (χ0v) is 12.7. The molecule has 7 heteroatoms. The van der Waals surface area contributed by atoms with Gasteiger partial charge in [0.1, 0.15) is 11.6 Å². The van der Waals surface area contributed by atoms with Gasteiger partial charge in [0, 0.05) is 12.5 Å². The van der Waals surface area contributed by atoms with E-state index >= 15 is 0 Å².